The molecule has 0 heterocycles. The van der Waals surface area contributed by atoms with E-state index in [2.05, 4.69) is 0 Å². The number of rotatable bonds is 0. The number of carbonyl (C=O) groups is 1. The molecule has 0 atom stereocenters. The van der Waals surface area contributed by atoms with E-state index in [1.807, 2.05) is 31.2 Å². The van der Waals surface area contributed by atoms with E-state index in [1.54, 1.807) is 0 Å². The van der Waals surface area contributed by atoms with E-state index in [0.717, 1.165) is 11.9 Å². The Morgan fingerprint density at radius 2 is 2.00 bits per heavy atom. The molecule has 3 heteroatoms. The fourth-order valence-corrected chi connectivity index (χ4v) is 0.850. The number of aliphatic carboxylic acids is 1. The van der Waals surface area contributed by atoms with Crippen LogP contribution in [0.15, 0.2) is 24.3 Å². The van der Waals surface area contributed by atoms with Crippen molar-refractivity contribution in [3.63, 3.8) is 0 Å². The van der Waals surface area contributed by atoms with Crippen molar-refractivity contribution in [1.29, 1.82) is 0 Å². The summed E-state index contributed by atoms with van der Waals surface area (Å²) in [6.07, 6.45) is 0. The number of halogens is 1. The molecule has 0 aliphatic carbocycles. The van der Waals surface area contributed by atoms with Gasteiger partial charge in [-0.1, -0.05) is 23.7 Å². The van der Waals surface area contributed by atoms with E-state index >= 15 is 0 Å². The fraction of sp³-hybridized carbons (Fsp3) is 0.222. The molecule has 0 unspecified atom stereocenters. The molecule has 0 bridgehead atoms. The molecule has 12 heavy (non-hydrogen) atoms. The number of carboxylic acid groups (broad SMARTS) is 1. The lowest BCUT2D eigenvalue weighted by molar-refractivity contribution is -0.134. The second kappa shape index (κ2) is 5.61. The van der Waals surface area contributed by atoms with Gasteiger partial charge in [0.15, 0.2) is 0 Å². The highest BCUT2D eigenvalue weighted by atomic mass is 35.5. The van der Waals surface area contributed by atoms with Gasteiger partial charge in [-0.15, -0.1) is 0 Å². The van der Waals surface area contributed by atoms with Gasteiger partial charge in [-0.2, -0.15) is 0 Å². The minimum absolute atomic E-state index is 0.810. The Balaban J connectivity index is 0.000000261. The molecule has 2 nitrogen and oxygen atoms in total. The normalized spacial score (nSPS) is 8.25. The van der Waals surface area contributed by atoms with Crippen molar-refractivity contribution in [3.8, 4) is 0 Å². The smallest absolute Gasteiger partial charge is 0.300 e. The summed E-state index contributed by atoms with van der Waals surface area (Å²) in [7, 11) is 0. The van der Waals surface area contributed by atoms with Crippen LogP contribution in [0.1, 0.15) is 12.5 Å². The molecule has 0 spiro atoms. The van der Waals surface area contributed by atoms with Crippen LogP contribution in [0, 0.1) is 6.92 Å². The first kappa shape index (κ1) is 11.0. The van der Waals surface area contributed by atoms with Gasteiger partial charge in [0.1, 0.15) is 0 Å². The molecule has 0 saturated carbocycles. The Morgan fingerprint density at radius 1 is 1.50 bits per heavy atom. The van der Waals surface area contributed by atoms with Gasteiger partial charge < -0.3 is 5.11 Å². The molecule has 66 valence electrons. The summed E-state index contributed by atoms with van der Waals surface area (Å²) in [6, 6.07) is 7.76. The zero-order valence-corrected chi connectivity index (χ0v) is 7.80. The summed E-state index contributed by atoms with van der Waals surface area (Å²) >= 11 is 5.64. The highest BCUT2D eigenvalue weighted by Gasteiger charge is 1.82. The Kier molecular flexibility index (Phi) is 5.13. The summed E-state index contributed by atoms with van der Waals surface area (Å²) in [6.45, 7) is 3.10. The Hall–Kier alpha value is -1.02. The molecule has 0 aliphatic heterocycles. The molecule has 0 fully saturated rings. The lowest BCUT2D eigenvalue weighted by Gasteiger charge is -1.88. The first-order valence-electron chi connectivity index (χ1n) is 3.44. The van der Waals surface area contributed by atoms with Gasteiger partial charge in [0.05, 0.1) is 0 Å². The topological polar surface area (TPSA) is 37.3 Å². The monoisotopic (exact) mass is 186 g/mol. The molecule has 1 rings (SSSR count). The molecule has 0 aliphatic rings. The van der Waals surface area contributed by atoms with Gasteiger partial charge in [0.2, 0.25) is 0 Å². The third-order valence-electron chi connectivity index (χ3n) is 0.980. The first-order chi connectivity index (χ1) is 5.52. The Labute approximate surface area is 76.8 Å². The lowest BCUT2D eigenvalue weighted by atomic mass is 10.2. The molecule has 1 aromatic rings. The number of hydrogen-bond donors (Lipinski definition) is 1. The van der Waals surface area contributed by atoms with Crippen molar-refractivity contribution in [2.24, 2.45) is 0 Å². The lowest BCUT2D eigenvalue weighted by Crippen LogP contribution is -1.78. The maximum absolute atomic E-state index is 9.00. The average Bonchev–Trinajstić information content (AvgIpc) is 1.84. The average molecular weight is 187 g/mol. The summed E-state index contributed by atoms with van der Waals surface area (Å²) in [5.41, 5.74) is 1.21. The number of carboxylic acids is 1. The molecule has 1 aromatic carbocycles. The SMILES string of the molecule is CC(=O)O.Cc1cccc(Cl)c1. The molecule has 0 aromatic heterocycles. The van der Waals surface area contributed by atoms with Crippen LogP contribution in [0.3, 0.4) is 0 Å². The second-order valence-electron chi connectivity index (χ2n) is 2.32. The van der Waals surface area contributed by atoms with E-state index < -0.39 is 5.97 Å². The van der Waals surface area contributed by atoms with Gasteiger partial charge >= 0.3 is 0 Å². The van der Waals surface area contributed by atoms with Crippen LogP contribution in [0.4, 0.5) is 0 Å². The summed E-state index contributed by atoms with van der Waals surface area (Å²) in [4.78, 5) is 9.00. The van der Waals surface area contributed by atoms with E-state index in [1.165, 1.54) is 5.56 Å². The van der Waals surface area contributed by atoms with Crippen molar-refractivity contribution < 1.29 is 9.90 Å². The number of aryl methyl sites for hydroxylation is 1. The molecule has 0 saturated heterocycles. The zero-order chi connectivity index (χ0) is 9.56. The highest BCUT2D eigenvalue weighted by molar-refractivity contribution is 6.30. The van der Waals surface area contributed by atoms with E-state index in [0.29, 0.717) is 0 Å². The van der Waals surface area contributed by atoms with E-state index in [-0.39, 0.29) is 0 Å². The number of benzene rings is 1. The maximum Gasteiger partial charge on any atom is 0.300 e. The van der Waals surface area contributed by atoms with Crippen molar-refractivity contribution in [3.05, 3.63) is 34.9 Å². The van der Waals surface area contributed by atoms with E-state index in [4.69, 9.17) is 21.5 Å². The molecular weight excluding hydrogens is 176 g/mol. The standard InChI is InChI=1S/C7H7Cl.C2H4O2/c1-6-3-2-4-7(8)5-6;1-2(3)4/h2-5H,1H3;1H3,(H,3,4). The van der Waals surface area contributed by atoms with E-state index in [9.17, 15) is 0 Å². The third kappa shape index (κ3) is 7.09. The van der Waals surface area contributed by atoms with Crippen molar-refractivity contribution in [2.75, 3.05) is 0 Å². The van der Waals surface area contributed by atoms with Crippen molar-refractivity contribution in [2.45, 2.75) is 13.8 Å². The quantitative estimate of drug-likeness (QED) is 0.677. The molecule has 1 N–H and O–H groups in total. The summed E-state index contributed by atoms with van der Waals surface area (Å²) < 4.78 is 0. The summed E-state index contributed by atoms with van der Waals surface area (Å²) in [5.74, 6) is -0.833. The summed E-state index contributed by atoms with van der Waals surface area (Å²) in [5, 5.41) is 8.23. The van der Waals surface area contributed by atoms with Gasteiger partial charge in [0, 0.05) is 11.9 Å². The molecular formula is C9H11ClO2. The molecule has 0 amide bonds. The van der Waals surface area contributed by atoms with Crippen LogP contribution in [0.25, 0.3) is 0 Å². The fourth-order valence-electron chi connectivity index (χ4n) is 0.606. The van der Waals surface area contributed by atoms with Crippen LogP contribution >= 0.6 is 11.6 Å². The predicted octanol–water partition coefficient (Wildman–Crippen LogP) is 2.74. The van der Waals surface area contributed by atoms with Crippen LogP contribution in [-0.2, 0) is 4.79 Å². The highest BCUT2D eigenvalue weighted by Crippen LogP contribution is 2.08. The van der Waals surface area contributed by atoms with Crippen LogP contribution in [0.5, 0.6) is 0 Å². The van der Waals surface area contributed by atoms with Crippen LogP contribution < -0.4 is 0 Å². The second-order valence-corrected chi connectivity index (χ2v) is 2.75. The van der Waals surface area contributed by atoms with Crippen LogP contribution in [0.2, 0.25) is 5.02 Å². The Bertz CT molecular complexity index is 237. The van der Waals surface area contributed by atoms with Crippen molar-refractivity contribution >= 4 is 17.6 Å². The van der Waals surface area contributed by atoms with Gasteiger partial charge in [-0.25, -0.2) is 0 Å². The number of hydrogen-bond acceptors (Lipinski definition) is 1. The maximum atomic E-state index is 9.00. The van der Waals surface area contributed by atoms with Gasteiger partial charge in [0.25, 0.3) is 5.97 Å². The Morgan fingerprint density at radius 3 is 2.25 bits per heavy atom. The predicted molar refractivity (Wildman–Crippen MR) is 49.5 cm³/mol. The van der Waals surface area contributed by atoms with Gasteiger partial charge in [-0.05, 0) is 24.6 Å². The van der Waals surface area contributed by atoms with Gasteiger partial charge in [-0.3, -0.25) is 4.79 Å². The first-order valence-corrected chi connectivity index (χ1v) is 3.82. The van der Waals surface area contributed by atoms with Crippen LogP contribution in [-0.4, -0.2) is 11.1 Å². The zero-order valence-electron chi connectivity index (χ0n) is 7.04. The van der Waals surface area contributed by atoms with Crippen molar-refractivity contribution in [1.82, 2.24) is 0 Å². The minimum atomic E-state index is -0.833. The largest absolute Gasteiger partial charge is 0.481 e. The minimum Gasteiger partial charge on any atom is -0.481 e. The third-order valence-corrected chi connectivity index (χ3v) is 1.22. The molecule has 0 radical (unpaired) electrons.